The first-order valence-corrected chi connectivity index (χ1v) is 9.13. The molecule has 0 aromatic heterocycles. The van der Waals surface area contributed by atoms with E-state index < -0.39 is 0 Å². The van der Waals surface area contributed by atoms with Gasteiger partial charge in [-0.3, -0.25) is 4.79 Å². The van der Waals surface area contributed by atoms with Crippen molar-refractivity contribution in [1.29, 1.82) is 0 Å². The first-order chi connectivity index (χ1) is 11.0. The summed E-state index contributed by atoms with van der Waals surface area (Å²) in [5.74, 6) is 0.0605. The maximum atomic E-state index is 12.6. The van der Waals surface area contributed by atoms with E-state index in [4.69, 9.17) is 23.2 Å². The first kappa shape index (κ1) is 16.9. The number of halogens is 3. The van der Waals surface area contributed by atoms with E-state index >= 15 is 0 Å². The molecule has 0 radical (unpaired) electrons. The van der Waals surface area contributed by atoms with Crippen molar-refractivity contribution in [3.63, 3.8) is 0 Å². The minimum atomic E-state index is 0.0605. The summed E-state index contributed by atoms with van der Waals surface area (Å²) in [5.41, 5.74) is 1.79. The molecule has 1 fully saturated rings. The van der Waals surface area contributed by atoms with Gasteiger partial charge in [0.2, 0.25) is 0 Å². The summed E-state index contributed by atoms with van der Waals surface area (Å²) in [6.45, 7) is 3.00. The molecule has 0 saturated carbocycles. The van der Waals surface area contributed by atoms with Gasteiger partial charge in [0, 0.05) is 46.0 Å². The molecule has 0 unspecified atom stereocenters. The highest BCUT2D eigenvalue weighted by atomic mass is 127. The van der Waals surface area contributed by atoms with Gasteiger partial charge in [0.1, 0.15) is 0 Å². The molecule has 1 saturated heterocycles. The summed E-state index contributed by atoms with van der Waals surface area (Å²) >= 11 is 14.2. The Morgan fingerprint density at radius 2 is 1.74 bits per heavy atom. The number of piperazine rings is 1. The Morgan fingerprint density at radius 1 is 1.00 bits per heavy atom. The molecule has 120 valence electrons. The van der Waals surface area contributed by atoms with Gasteiger partial charge in [0.15, 0.2) is 0 Å². The Bertz CT molecular complexity index is 730. The maximum Gasteiger partial charge on any atom is 0.254 e. The van der Waals surface area contributed by atoms with Crippen LogP contribution in [0.4, 0.5) is 5.69 Å². The van der Waals surface area contributed by atoms with Gasteiger partial charge in [0.25, 0.3) is 5.91 Å². The summed E-state index contributed by atoms with van der Waals surface area (Å²) < 4.78 is 0.896. The number of carbonyl (C=O) groups excluding carboxylic acids is 1. The monoisotopic (exact) mass is 460 g/mol. The first-order valence-electron chi connectivity index (χ1n) is 7.29. The predicted octanol–water partition coefficient (Wildman–Crippen LogP) is 4.56. The summed E-state index contributed by atoms with van der Waals surface area (Å²) in [4.78, 5) is 16.7. The van der Waals surface area contributed by atoms with Gasteiger partial charge in [-0.05, 0) is 59.0 Å². The van der Waals surface area contributed by atoms with Crippen molar-refractivity contribution >= 4 is 57.4 Å². The molecule has 0 bridgehead atoms. The van der Waals surface area contributed by atoms with Crippen molar-refractivity contribution < 1.29 is 4.79 Å². The van der Waals surface area contributed by atoms with Gasteiger partial charge in [-0.25, -0.2) is 0 Å². The normalized spacial score (nSPS) is 14.9. The van der Waals surface area contributed by atoms with Crippen molar-refractivity contribution in [3.8, 4) is 0 Å². The third kappa shape index (κ3) is 3.92. The Kier molecular flexibility index (Phi) is 5.34. The molecule has 1 aliphatic rings. The van der Waals surface area contributed by atoms with E-state index in [-0.39, 0.29) is 5.91 Å². The molecule has 1 aliphatic heterocycles. The predicted molar refractivity (Wildman–Crippen MR) is 104 cm³/mol. The minimum Gasteiger partial charge on any atom is -0.368 e. The van der Waals surface area contributed by atoms with Gasteiger partial charge in [-0.15, -0.1) is 0 Å². The molecule has 0 atom stereocenters. The molecule has 0 N–H and O–H groups in total. The number of carbonyl (C=O) groups is 1. The molecule has 6 heteroatoms. The minimum absolute atomic E-state index is 0.0605. The van der Waals surface area contributed by atoms with Crippen LogP contribution in [0.2, 0.25) is 10.0 Å². The van der Waals surface area contributed by atoms with Crippen LogP contribution >= 0.6 is 45.8 Å². The second kappa shape index (κ2) is 7.28. The Labute approximate surface area is 159 Å². The number of amides is 1. The van der Waals surface area contributed by atoms with E-state index in [9.17, 15) is 4.79 Å². The van der Waals surface area contributed by atoms with Crippen LogP contribution in [0.1, 0.15) is 10.4 Å². The van der Waals surface area contributed by atoms with Crippen LogP contribution in [0.25, 0.3) is 0 Å². The van der Waals surface area contributed by atoms with E-state index in [2.05, 4.69) is 27.5 Å². The lowest BCUT2D eigenvalue weighted by Crippen LogP contribution is -2.48. The Balaban J connectivity index is 1.66. The number of nitrogens with zero attached hydrogens (tertiary/aromatic N) is 2. The number of hydrogen-bond acceptors (Lipinski definition) is 2. The highest BCUT2D eigenvalue weighted by Gasteiger charge is 2.22. The largest absolute Gasteiger partial charge is 0.368 e. The zero-order valence-electron chi connectivity index (χ0n) is 12.3. The van der Waals surface area contributed by atoms with E-state index in [0.717, 1.165) is 27.4 Å². The third-order valence-electron chi connectivity index (χ3n) is 3.91. The SMILES string of the molecule is O=C(c1ccc(Cl)c(I)c1)N1CCN(c2cccc(Cl)c2)CC1. The topological polar surface area (TPSA) is 23.6 Å². The van der Waals surface area contributed by atoms with E-state index in [1.165, 1.54) is 0 Å². The summed E-state index contributed by atoms with van der Waals surface area (Å²) in [6, 6.07) is 13.2. The third-order valence-corrected chi connectivity index (χ3v) is 5.68. The molecule has 1 heterocycles. The van der Waals surface area contributed by atoms with Crippen LogP contribution < -0.4 is 4.90 Å². The fourth-order valence-corrected chi connectivity index (χ4v) is 3.47. The average molecular weight is 461 g/mol. The highest BCUT2D eigenvalue weighted by molar-refractivity contribution is 14.1. The quantitative estimate of drug-likeness (QED) is 0.613. The fourth-order valence-electron chi connectivity index (χ4n) is 2.65. The number of rotatable bonds is 2. The van der Waals surface area contributed by atoms with Crippen LogP contribution in [0.15, 0.2) is 42.5 Å². The maximum absolute atomic E-state index is 12.6. The summed E-state index contributed by atoms with van der Waals surface area (Å²) in [7, 11) is 0. The van der Waals surface area contributed by atoms with Gasteiger partial charge >= 0.3 is 0 Å². The zero-order chi connectivity index (χ0) is 16.4. The van der Waals surface area contributed by atoms with E-state index in [1.54, 1.807) is 12.1 Å². The molecular weight excluding hydrogens is 446 g/mol. The van der Waals surface area contributed by atoms with E-state index in [0.29, 0.717) is 23.7 Å². The lowest BCUT2D eigenvalue weighted by atomic mass is 10.1. The molecule has 0 spiro atoms. The van der Waals surface area contributed by atoms with Crippen molar-refractivity contribution in [2.45, 2.75) is 0 Å². The highest BCUT2D eigenvalue weighted by Crippen LogP contribution is 2.23. The molecule has 2 aromatic rings. The number of hydrogen-bond donors (Lipinski definition) is 0. The van der Waals surface area contributed by atoms with Crippen LogP contribution in [0.3, 0.4) is 0 Å². The smallest absolute Gasteiger partial charge is 0.254 e. The molecule has 3 nitrogen and oxygen atoms in total. The van der Waals surface area contributed by atoms with Crippen LogP contribution in [-0.4, -0.2) is 37.0 Å². The molecule has 2 aromatic carbocycles. The number of benzene rings is 2. The number of anilines is 1. The van der Waals surface area contributed by atoms with Crippen molar-refractivity contribution in [2.75, 3.05) is 31.1 Å². The second-order valence-corrected chi connectivity index (χ2v) is 7.39. The average Bonchev–Trinajstić information content (AvgIpc) is 2.57. The molecule has 0 aliphatic carbocycles. The van der Waals surface area contributed by atoms with Gasteiger partial charge in [0.05, 0.1) is 5.02 Å². The molecular formula is C17H15Cl2IN2O. The van der Waals surface area contributed by atoms with Gasteiger partial charge < -0.3 is 9.80 Å². The van der Waals surface area contributed by atoms with Crippen molar-refractivity contribution in [1.82, 2.24) is 4.90 Å². The van der Waals surface area contributed by atoms with Crippen LogP contribution in [0, 0.1) is 3.57 Å². The van der Waals surface area contributed by atoms with Gasteiger partial charge in [-0.1, -0.05) is 29.3 Å². The molecule has 1 amide bonds. The molecule has 3 rings (SSSR count). The summed E-state index contributed by atoms with van der Waals surface area (Å²) in [5, 5.41) is 1.41. The van der Waals surface area contributed by atoms with Crippen LogP contribution in [0.5, 0.6) is 0 Å². The standard InChI is InChI=1S/C17H15Cl2IN2O/c18-13-2-1-3-14(11-13)21-6-8-22(9-7-21)17(23)12-4-5-15(19)16(20)10-12/h1-5,10-11H,6-9H2. The molecule has 23 heavy (non-hydrogen) atoms. The van der Waals surface area contributed by atoms with Crippen molar-refractivity contribution in [2.24, 2.45) is 0 Å². The lowest BCUT2D eigenvalue weighted by molar-refractivity contribution is 0.0746. The van der Waals surface area contributed by atoms with E-state index in [1.807, 2.05) is 35.2 Å². The van der Waals surface area contributed by atoms with Gasteiger partial charge in [-0.2, -0.15) is 0 Å². The zero-order valence-corrected chi connectivity index (χ0v) is 16.0. The summed E-state index contributed by atoms with van der Waals surface area (Å²) in [6.07, 6.45) is 0. The second-order valence-electron chi connectivity index (χ2n) is 5.39. The Morgan fingerprint density at radius 3 is 2.39 bits per heavy atom. The fraction of sp³-hybridized carbons (Fsp3) is 0.235. The Hall–Kier alpha value is -0.980. The van der Waals surface area contributed by atoms with Crippen molar-refractivity contribution in [3.05, 3.63) is 61.6 Å². The van der Waals surface area contributed by atoms with Crippen LogP contribution in [-0.2, 0) is 0 Å². The lowest BCUT2D eigenvalue weighted by Gasteiger charge is -2.36.